The van der Waals surface area contributed by atoms with Crippen LogP contribution in [-0.4, -0.2) is 47.6 Å². The largest absolute Gasteiger partial charge is 0.508 e. The van der Waals surface area contributed by atoms with Gasteiger partial charge < -0.3 is 20.6 Å². The molecule has 0 saturated carbocycles. The highest BCUT2D eigenvalue weighted by Crippen LogP contribution is 2.24. The number of rotatable bonds is 5. The average molecular weight is 374 g/mol. The lowest BCUT2D eigenvalue weighted by atomic mass is 9.88. The minimum absolute atomic E-state index is 0.0888. The molecule has 0 aromatic heterocycles. The molecule has 0 bridgehead atoms. The SMILES string of the molecule is CC(C)[C@@H](CN1CC[C@H](C)[C@@H](C)C1)NC(=O)[C@H]1Cc2ccc(O)cc2CN1. The Labute approximate surface area is 163 Å². The summed E-state index contributed by atoms with van der Waals surface area (Å²) in [6, 6.07) is 5.38. The molecule has 5 heteroatoms. The zero-order valence-corrected chi connectivity index (χ0v) is 17.2. The first-order valence-electron chi connectivity index (χ1n) is 10.4. The number of fused-ring (bicyclic) bond motifs is 1. The molecule has 1 saturated heterocycles. The summed E-state index contributed by atoms with van der Waals surface area (Å²) in [5.41, 5.74) is 2.22. The van der Waals surface area contributed by atoms with Crippen molar-refractivity contribution in [2.24, 2.45) is 17.8 Å². The Morgan fingerprint density at radius 3 is 2.78 bits per heavy atom. The van der Waals surface area contributed by atoms with Gasteiger partial charge >= 0.3 is 0 Å². The zero-order valence-electron chi connectivity index (χ0n) is 17.2. The number of piperidine rings is 1. The monoisotopic (exact) mass is 373 g/mol. The number of hydrogen-bond acceptors (Lipinski definition) is 4. The lowest BCUT2D eigenvalue weighted by Crippen LogP contribution is -2.55. The van der Waals surface area contributed by atoms with E-state index in [-0.39, 0.29) is 23.7 Å². The Kier molecular flexibility index (Phi) is 6.43. The van der Waals surface area contributed by atoms with Crippen molar-refractivity contribution in [3.63, 3.8) is 0 Å². The summed E-state index contributed by atoms with van der Waals surface area (Å²) in [4.78, 5) is 15.4. The van der Waals surface area contributed by atoms with Gasteiger partial charge in [-0.3, -0.25) is 4.79 Å². The quantitative estimate of drug-likeness (QED) is 0.742. The molecular formula is C22H35N3O2. The number of likely N-dealkylation sites (tertiary alicyclic amines) is 1. The van der Waals surface area contributed by atoms with E-state index in [2.05, 4.69) is 43.2 Å². The highest BCUT2D eigenvalue weighted by molar-refractivity contribution is 5.82. The number of benzene rings is 1. The molecule has 150 valence electrons. The molecule has 2 aliphatic heterocycles. The summed E-state index contributed by atoms with van der Waals surface area (Å²) >= 11 is 0. The normalized spacial score (nSPS) is 27.2. The van der Waals surface area contributed by atoms with E-state index < -0.39 is 0 Å². The third-order valence-corrected chi connectivity index (χ3v) is 6.47. The maximum absolute atomic E-state index is 12.9. The van der Waals surface area contributed by atoms with Crippen LogP contribution in [0.2, 0.25) is 0 Å². The van der Waals surface area contributed by atoms with Crippen molar-refractivity contribution >= 4 is 5.91 Å². The predicted molar refractivity (Wildman–Crippen MR) is 109 cm³/mol. The molecule has 1 amide bonds. The van der Waals surface area contributed by atoms with E-state index in [1.165, 1.54) is 6.42 Å². The molecule has 2 aliphatic rings. The van der Waals surface area contributed by atoms with Crippen LogP contribution >= 0.6 is 0 Å². The van der Waals surface area contributed by atoms with Crippen molar-refractivity contribution in [3.05, 3.63) is 29.3 Å². The van der Waals surface area contributed by atoms with Crippen LogP contribution in [0.3, 0.4) is 0 Å². The van der Waals surface area contributed by atoms with E-state index in [0.717, 1.165) is 42.6 Å². The van der Waals surface area contributed by atoms with Gasteiger partial charge in [0.2, 0.25) is 5.91 Å². The summed E-state index contributed by atoms with van der Waals surface area (Å²) in [5, 5.41) is 16.3. The van der Waals surface area contributed by atoms with E-state index in [4.69, 9.17) is 0 Å². The Bertz CT molecular complexity index is 661. The summed E-state index contributed by atoms with van der Waals surface area (Å²) in [5.74, 6) is 2.28. The Hall–Kier alpha value is -1.59. The number of aromatic hydroxyl groups is 1. The van der Waals surface area contributed by atoms with E-state index in [9.17, 15) is 9.90 Å². The van der Waals surface area contributed by atoms with Gasteiger partial charge in [0.25, 0.3) is 0 Å². The molecule has 1 aromatic rings. The molecule has 1 aromatic carbocycles. The fourth-order valence-electron chi connectivity index (χ4n) is 4.19. The number of phenols is 1. The minimum atomic E-state index is -0.205. The van der Waals surface area contributed by atoms with Crippen molar-refractivity contribution in [2.45, 2.75) is 59.2 Å². The smallest absolute Gasteiger partial charge is 0.237 e. The molecule has 27 heavy (non-hydrogen) atoms. The lowest BCUT2D eigenvalue weighted by Gasteiger charge is -2.38. The molecule has 0 unspecified atom stereocenters. The lowest BCUT2D eigenvalue weighted by molar-refractivity contribution is -0.124. The summed E-state index contributed by atoms with van der Waals surface area (Å²) in [7, 11) is 0. The van der Waals surface area contributed by atoms with Crippen LogP contribution in [0.1, 0.15) is 45.2 Å². The topological polar surface area (TPSA) is 64.6 Å². The second kappa shape index (κ2) is 8.61. The number of amides is 1. The Balaban J connectivity index is 1.58. The van der Waals surface area contributed by atoms with Crippen molar-refractivity contribution in [1.29, 1.82) is 0 Å². The molecule has 1 fully saturated rings. The highest BCUT2D eigenvalue weighted by Gasteiger charge is 2.29. The second-order valence-corrected chi connectivity index (χ2v) is 8.95. The maximum atomic E-state index is 12.9. The third-order valence-electron chi connectivity index (χ3n) is 6.47. The molecule has 0 radical (unpaired) electrons. The Morgan fingerprint density at radius 2 is 2.07 bits per heavy atom. The minimum Gasteiger partial charge on any atom is -0.508 e. The second-order valence-electron chi connectivity index (χ2n) is 8.95. The van der Waals surface area contributed by atoms with Crippen LogP contribution in [0.5, 0.6) is 5.75 Å². The van der Waals surface area contributed by atoms with Crippen molar-refractivity contribution in [2.75, 3.05) is 19.6 Å². The molecule has 5 nitrogen and oxygen atoms in total. The van der Waals surface area contributed by atoms with Gasteiger partial charge in [-0.05, 0) is 60.4 Å². The summed E-state index contributed by atoms with van der Waals surface area (Å²) < 4.78 is 0. The standard InChI is InChI=1S/C22H35N3O2/c1-14(2)21(13-25-8-7-15(3)16(4)12-25)24-22(27)20-10-17-5-6-19(26)9-18(17)11-23-20/h5-6,9,14-16,20-21,23,26H,7-8,10-13H2,1-4H3,(H,24,27)/t15-,16-,20+,21+/m0/s1. The zero-order chi connectivity index (χ0) is 19.6. The first-order chi connectivity index (χ1) is 12.8. The molecule has 3 N–H and O–H groups in total. The first kappa shape index (κ1) is 20.2. The van der Waals surface area contributed by atoms with Crippen molar-refractivity contribution < 1.29 is 9.90 Å². The van der Waals surface area contributed by atoms with Crippen LogP contribution in [-0.2, 0) is 17.8 Å². The first-order valence-corrected chi connectivity index (χ1v) is 10.4. The van der Waals surface area contributed by atoms with Crippen LogP contribution in [0.4, 0.5) is 0 Å². The third kappa shape index (κ3) is 5.02. The number of carbonyl (C=O) groups excluding carboxylic acids is 1. The molecule has 4 atom stereocenters. The van der Waals surface area contributed by atoms with Crippen LogP contribution in [0.25, 0.3) is 0 Å². The van der Waals surface area contributed by atoms with Crippen LogP contribution in [0, 0.1) is 17.8 Å². The van der Waals surface area contributed by atoms with Crippen molar-refractivity contribution in [1.82, 2.24) is 15.5 Å². The average Bonchev–Trinajstić information content (AvgIpc) is 2.63. The van der Waals surface area contributed by atoms with Gasteiger partial charge in [-0.25, -0.2) is 0 Å². The molecule has 3 rings (SSSR count). The summed E-state index contributed by atoms with van der Waals surface area (Å²) in [6.07, 6.45) is 1.91. The fraction of sp³-hybridized carbons (Fsp3) is 0.682. The van der Waals surface area contributed by atoms with E-state index in [1.54, 1.807) is 12.1 Å². The van der Waals surface area contributed by atoms with Gasteiger partial charge in [0.05, 0.1) is 6.04 Å². The van der Waals surface area contributed by atoms with E-state index in [1.807, 2.05) is 6.07 Å². The van der Waals surface area contributed by atoms with Gasteiger partial charge in [-0.15, -0.1) is 0 Å². The van der Waals surface area contributed by atoms with Gasteiger partial charge in [0.1, 0.15) is 5.75 Å². The molecule has 0 spiro atoms. The summed E-state index contributed by atoms with van der Waals surface area (Å²) in [6.45, 7) is 12.9. The van der Waals surface area contributed by atoms with E-state index in [0.29, 0.717) is 18.9 Å². The molecule has 2 heterocycles. The highest BCUT2D eigenvalue weighted by atomic mass is 16.3. The van der Waals surface area contributed by atoms with Crippen molar-refractivity contribution in [3.8, 4) is 5.75 Å². The van der Waals surface area contributed by atoms with Crippen LogP contribution in [0.15, 0.2) is 18.2 Å². The number of hydrogen-bond donors (Lipinski definition) is 3. The van der Waals surface area contributed by atoms with Crippen LogP contribution < -0.4 is 10.6 Å². The fourth-order valence-corrected chi connectivity index (χ4v) is 4.19. The van der Waals surface area contributed by atoms with Gasteiger partial charge in [-0.1, -0.05) is 33.8 Å². The predicted octanol–water partition coefficient (Wildman–Crippen LogP) is 2.53. The number of carbonyl (C=O) groups is 1. The number of phenolic OH excluding ortho intramolecular Hbond substituents is 1. The van der Waals surface area contributed by atoms with Gasteiger partial charge in [0, 0.05) is 25.7 Å². The van der Waals surface area contributed by atoms with E-state index >= 15 is 0 Å². The maximum Gasteiger partial charge on any atom is 0.237 e. The molecule has 0 aliphatic carbocycles. The Morgan fingerprint density at radius 1 is 1.30 bits per heavy atom. The number of nitrogens with one attached hydrogen (secondary N) is 2. The van der Waals surface area contributed by atoms with Gasteiger partial charge in [0.15, 0.2) is 0 Å². The number of nitrogens with zero attached hydrogens (tertiary/aromatic N) is 1. The molecular weight excluding hydrogens is 338 g/mol. The van der Waals surface area contributed by atoms with Gasteiger partial charge in [-0.2, -0.15) is 0 Å².